The van der Waals surface area contributed by atoms with E-state index in [0.717, 1.165) is 4.90 Å². The summed E-state index contributed by atoms with van der Waals surface area (Å²) in [6.07, 6.45) is 0. The van der Waals surface area contributed by atoms with Crippen molar-refractivity contribution < 1.29 is 19.4 Å². The van der Waals surface area contributed by atoms with E-state index >= 15 is 0 Å². The minimum atomic E-state index is -0.576. The highest BCUT2D eigenvalue weighted by molar-refractivity contribution is 8.03. The first-order chi connectivity index (χ1) is 10.5. The van der Waals surface area contributed by atoms with Gasteiger partial charge in [0.2, 0.25) is 5.91 Å². The number of aliphatic hydroxyl groups is 1. The Labute approximate surface area is 137 Å². The van der Waals surface area contributed by atoms with Gasteiger partial charge in [-0.3, -0.25) is 14.9 Å². The zero-order chi connectivity index (χ0) is 16.1. The number of thioether (sulfide) groups is 1. The summed E-state index contributed by atoms with van der Waals surface area (Å²) in [6.45, 7) is 1.81. The Morgan fingerprint density at radius 3 is 2.86 bits per heavy atom. The molecule has 118 valence electrons. The van der Waals surface area contributed by atoms with Gasteiger partial charge in [-0.05, 0) is 25.1 Å². The van der Waals surface area contributed by atoms with Crippen LogP contribution in [0.2, 0.25) is 5.02 Å². The number of halogens is 1. The van der Waals surface area contributed by atoms with Crippen LogP contribution in [0.3, 0.4) is 0 Å². The molecule has 2 amide bonds. The van der Waals surface area contributed by atoms with Crippen molar-refractivity contribution in [1.29, 1.82) is 0 Å². The van der Waals surface area contributed by atoms with Crippen LogP contribution in [0.5, 0.6) is 0 Å². The topological polar surface area (TPSA) is 75.6 Å². The Balaban J connectivity index is 2.26. The average Bonchev–Trinajstić information content (AvgIpc) is 2.48. The van der Waals surface area contributed by atoms with Gasteiger partial charge in [0.05, 0.1) is 25.7 Å². The average molecular weight is 342 g/mol. The van der Waals surface area contributed by atoms with Gasteiger partial charge in [-0.2, -0.15) is 0 Å². The van der Waals surface area contributed by atoms with Crippen molar-refractivity contribution in [2.45, 2.75) is 11.8 Å². The lowest BCUT2D eigenvalue weighted by Gasteiger charge is -2.25. The Morgan fingerprint density at radius 1 is 1.41 bits per heavy atom. The number of hydrogen-bond donors (Lipinski definition) is 2. The molecule has 1 aromatic carbocycles. The number of rotatable bonds is 6. The highest BCUT2D eigenvalue weighted by Gasteiger charge is 2.33. The third-order valence-corrected chi connectivity index (χ3v) is 4.66. The van der Waals surface area contributed by atoms with Crippen LogP contribution in [0.4, 0.5) is 0 Å². The number of carbonyl (C=O) groups excluding carboxylic acids is 2. The first-order valence-corrected chi connectivity index (χ1v) is 7.90. The van der Waals surface area contributed by atoms with E-state index in [-0.39, 0.29) is 19.8 Å². The molecule has 0 fully saturated rings. The normalized spacial score (nSPS) is 18.6. The van der Waals surface area contributed by atoms with Gasteiger partial charge < -0.3 is 9.84 Å². The van der Waals surface area contributed by atoms with Crippen LogP contribution in [-0.2, 0) is 14.3 Å². The fraction of sp³-hybridized carbons (Fsp3) is 0.333. The standard InChI is InChI=1S/C15H16ClNO4S/c1-9-13(22-11-4-2-3-10(16)7-11)12(8-21-6-5-18)15(20)17-14(9)19/h2-4,7,12,18H,5-6,8H2,1H3,(H,17,19,20). The molecule has 0 aromatic heterocycles. The molecule has 0 aliphatic carbocycles. The molecule has 0 bridgehead atoms. The second-order valence-electron chi connectivity index (χ2n) is 4.72. The molecule has 2 rings (SSSR count). The van der Waals surface area contributed by atoms with E-state index in [2.05, 4.69) is 5.32 Å². The quantitative estimate of drug-likeness (QED) is 0.611. The molecule has 0 spiro atoms. The maximum atomic E-state index is 12.1. The van der Waals surface area contributed by atoms with E-state index < -0.39 is 17.7 Å². The molecule has 1 aliphatic heterocycles. The number of carbonyl (C=O) groups is 2. The second kappa shape index (κ2) is 7.78. The van der Waals surface area contributed by atoms with Crippen LogP contribution in [0.25, 0.3) is 0 Å². The number of aliphatic hydroxyl groups excluding tert-OH is 1. The van der Waals surface area contributed by atoms with Crippen molar-refractivity contribution in [1.82, 2.24) is 5.32 Å². The molecule has 1 aliphatic rings. The number of ether oxygens (including phenoxy) is 1. The first kappa shape index (κ1) is 17.0. The van der Waals surface area contributed by atoms with Crippen molar-refractivity contribution >= 4 is 35.2 Å². The summed E-state index contributed by atoms with van der Waals surface area (Å²) in [7, 11) is 0. The lowest BCUT2D eigenvalue weighted by atomic mass is 10.0. The van der Waals surface area contributed by atoms with E-state index in [9.17, 15) is 9.59 Å². The van der Waals surface area contributed by atoms with Gasteiger partial charge in [0.25, 0.3) is 5.91 Å². The van der Waals surface area contributed by atoms with Gasteiger partial charge in [0, 0.05) is 20.4 Å². The highest BCUT2D eigenvalue weighted by Crippen LogP contribution is 2.37. The maximum absolute atomic E-state index is 12.1. The van der Waals surface area contributed by atoms with Gasteiger partial charge in [0.1, 0.15) is 0 Å². The molecular formula is C15H16ClNO4S. The molecule has 1 atom stereocenters. The van der Waals surface area contributed by atoms with Crippen LogP contribution >= 0.6 is 23.4 Å². The van der Waals surface area contributed by atoms with Crippen molar-refractivity contribution in [3.8, 4) is 0 Å². The Morgan fingerprint density at radius 2 is 2.18 bits per heavy atom. The summed E-state index contributed by atoms with van der Waals surface area (Å²) in [5.74, 6) is -1.36. The van der Waals surface area contributed by atoms with E-state index in [1.165, 1.54) is 11.8 Å². The SMILES string of the molecule is CC1=C(Sc2cccc(Cl)c2)C(COCCO)C(=O)NC1=O. The monoisotopic (exact) mass is 341 g/mol. The Hall–Kier alpha value is -1.34. The molecule has 0 saturated heterocycles. The molecule has 1 unspecified atom stereocenters. The van der Waals surface area contributed by atoms with Crippen molar-refractivity contribution in [2.24, 2.45) is 5.92 Å². The van der Waals surface area contributed by atoms with Crippen molar-refractivity contribution in [3.05, 3.63) is 39.8 Å². The third-order valence-electron chi connectivity index (χ3n) is 3.12. The van der Waals surface area contributed by atoms with Gasteiger partial charge in [-0.1, -0.05) is 29.4 Å². The predicted octanol–water partition coefficient (Wildman–Crippen LogP) is 1.99. The molecule has 1 aromatic rings. The Bertz CT molecular complexity index is 617. The largest absolute Gasteiger partial charge is 0.394 e. The molecule has 0 saturated carbocycles. The Kier molecular flexibility index (Phi) is 6.02. The molecule has 0 radical (unpaired) electrons. The number of benzene rings is 1. The first-order valence-electron chi connectivity index (χ1n) is 6.71. The molecule has 2 N–H and O–H groups in total. The minimum absolute atomic E-state index is 0.111. The van der Waals surface area contributed by atoms with Gasteiger partial charge in [0.15, 0.2) is 0 Å². The number of hydrogen-bond acceptors (Lipinski definition) is 5. The van der Waals surface area contributed by atoms with Gasteiger partial charge >= 0.3 is 0 Å². The number of nitrogens with one attached hydrogen (secondary N) is 1. The van der Waals surface area contributed by atoms with Crippen LogP contribution in [0, 0.1) is 5.92 Å². The van der Waals surface area contributed by atoms with Gasteiger partial charge in [-0.15, -0.1) is 0 Å². The zero-order valence-corrected chi connectivity index (χ0v) is 13.5. The molecule has 22 heavy (non-hydrogen) atoms. The fourth-order valence-corrected chi connectivity index (χ4v) is 3.41. The fourth-order valence-electron chi connectivity index (χ4n) is 2.01. The minimum Gasteiger partial charge on any atom is -0.394 e. The number of amides is 2. The van der Waals surface area contributed by atoms with Crippen molar-refractivity contribution in [2.75, 3.05) is 19.8 Å². The van der Waals surface area contributed by atoms with Crippen LogP contribution in [0.15, 0.2) is 39.6 Å². The van der Waals surface area contributed by atoms with Crippen LogP contribution in [-0.4, -0.2) is 36.7 Å². The molecule has 7 heteroatoms. The van der Waals surface area contributed by atoms with Crippen LogP contribution in [0.1, 0.15) is 6.92 Å². The van der Waals surface area contributed by atoms with Crippen molar-refractivity contribution in [3.63, 3.8) is 0 Å². The van der Waals surface area contributed by atoms with E-state index in [1.807, 2.05) is 12.1 Å². The summed E-state index contributed by atoms with van der Waals surface area (Å²) >= 11 is 7.30. The lowest BCUT2D eigenvalue weighted by Crippen LogP contribution is -2.43. The van der Waals surface area contributed by atoms with E-state index in [4.69, 9.17) is 21.4 Å². The van der Waals surface area contributed by atoms with E-state index in [0.29, 0.717) is 15.5 Å². The second-order valence-corrected chi connectivity index (χ2v) is 6.27. The zero-order valence-electron chi connectivity index (χ0n) is 12.0. The summed E-state index contributed by atoms with van der Waals surface area (Å²) in [5.41, 5.74) is 0.488. The molecule has 5 nitrogen and oxygen atoms in total. The highest BCUT2D eigenvalue weighted by atomic mass is 35.5. The summed E-state index contributed by atoms with van der Waals surface area (Å²) < 4.78 is 5.27. The van der Waals surface area contributed by atoms with Crippen LogP contribution < -0.4 is 5.32 Å². The summed E-state index contributed by atoms with van der Waals surface area (Å²) in [4.78, 5) is 25.4. The summed E-state index contributed by atoms with van der Waals surface area (Å²) in [5, 5.41) is 11.7. The van der Waals surface area contributed by atoms with Gasteiger partial charge in [-0.25, -0.2) is 0 Å². The van der Waals surface area contributed by atoms with E-state index in [1.54, 1.807) is 19.1 Å². The lowest BCUT2D eigenvalue weighted by molar-refractivity contribution is -0.132. The summed E-state index contributed by atoms with van der Waals surface area (Å²) in [6, 6.07) is 7.20. The smallest absolute Gasteiger partial charge is 0.254 e. The maximum Gasteiger partial charge on any atom is 0.254 e. The predicted molar refractivity (Wildman–Crippen MR) is 84.6 cm³/mol. The molecule has 1 heterocycles. The third kappa shape index (κ3) is 4.10. The molecular weight excluding hydrogens is 326 g/mol. The number of imide groups is 1.